The van der Waals surface area contributed by atoms with Crippen molar-refractivity contribution in [3.05, 3.63) is 45.6 Å². The zero-order chi connectivity index (χ0) is 12.3. The lowest BCUT2D eigenvalue weighted by molar-refractivity contribution is 0.0918. The molecule has 1 aliphatic heterocycles. The Bertz CT molecular complexity index is 429. The maximum Gasteiger partial charge on any atom is 0.121 e. The predicted octanol–water partition coefficient (Wildman–Crippen LogP) is 3.59. The van der Waals surface area contributed by atoms with Crippen molar-refractivity contribution in [2.45, 2.75) is 25.4 Å². The van der Waals surface area contributed by atoms with Gasteiger partial charge in [0.2, 0.25) is 0 Å². The molecule has 0 amide bonds. The Hall–Kier alpha value is -0.700. The van der Waals surface area contributed by atoms with E-state index in [9.17, 15) is 5.11 Å². The van der Waals surface area contributed by atoms with Gasteiger partial charge in [0, 0.05) is 6.42 Å². The van der Waals surface area contributed by atoms with Crippen LogP contribution in [0.5, 0.6) is 0 Å². The molecule has 0 aliphatic carbocycles. The zero-order valence-electron chi connectivity index (χ0n) is 9.33. The number of allylic oxidation sites excluding steroid dienone is 1. The Morgan fingerprint density at radius 1 is 1.29 bits per heavy atom. The van der Waals surface area contributed by atoms with Gasteiger partial charge in [-0.25, -0.2) is 0 Å². The molecular weight excluding hydrogens is 259 g/mol. The molecule has 0 radical (unpaired) electrons. The molecule has 0 spiro atoms. The van der Waals surface area contributed by atoms with Crippen molar-refractivity contribution in [2.75, 3.05) is 6.61 Å². The summed E-state index contributed by atoms with van der Waals surface area (Å²) in [4.78, 5) is 0. The van der Waals surface area contributed by atoms with E-state index in [4.69, 9.17) is 27.9 Å². The second kappa shape index (κ2) is 5.76. The smallest absolute Gasteiger partial charge is 0.121 e. The molecule has 92 valence electrons. The third kappa shape index (κ3) is 3.38. The Morgan fingerprint density at radius 3 is 2.76 bits per heavy atom. The third-order valence-electron chi connectivity index (χ3n) is 2.70. The molecule has 17 heavy (non-hydrogen) atoms. The van der Waals surface area contributed by atoms with E-state index in [1.54, 1.807) is 12.1 Å². The van der Waals surface area contributed by atoms with Crippen molar-refractivity contribution in [1.82, 2.24) is 0 Å². The fourth-order valence-corrected chi connectivity index (χ4v) is 2.12. The number of hydrogen-bond donors (Lipinski definition) is 1. The molecule has 1 atom stereocenters. The fraction of sp³-hybridized carbons (Fsp3) is 0.385. The van der Waals surface area contributed by atoms with Crippen LogP contribution in [-0.2, 0) is 11.2 Å². The lowest BCUT2D eigenvalue weighted by Crippen LogP contribution is -2.18. The molecule has 2 rings (SSSR count). The average molecular weight is 273 g/mol. The largest absolute Gasteiger partial charge is 0.495 e. The molecule has 1 aliphatic rings. The SMILES string of the molecule is OC(Cc1ccc(Cl)c(Cl)c1)C1=CCCCO1. The van der Waals surface area contributed by atoms with Crippen LogP contribution in [0.15, 0.2) is 30.0 Å². The van der Waals surface area contributed by atoms with Crippen molar-refractivity contribution < 1.29 is 9.84 Å². The summed E-state index contributed by atoms with van der Waals surface area (Å²) in [7, 11) is 0. The Kier molecular flexibility index (Phi) is 4.32. The van der Waals surface area contributed by atoms with Gasteiger partial charge in [0.25, 0.3) is 0 Å². The minimum atomic E-state index is -0.604. The van der Waals surface area contributed by atoms with E-state index in [0.717, 1.165) is 18.4 Å². The molecule has 0 saturated heterocycles. The van der Waals surface area contributed by atoms with Crippen molar-refractivity contribution in [3.8, 4) is 0 Å². The Morgan fingerprint density at radius 2 is 2.12 bits per heavy atom. The number of aliphatic hydroxyl groups excluding tert-OH is 1. The number of halogens is 2. The maximum absolute atomic E-state index is 10.0. The summed E-state index contributed by atoms with van der Waals surface area (Å²) in [5.41, 5.74) is 0.946. The zero-order valence-corrected chi connectivity index (χ0v) is 10.8. The molecule has 4 heteroatoms. The molecule has 0 fully saturated rings. The summed E-state index contributed by atoms with van der Waals surface area (Å²) in [6.45, 7) is 0.685. The molecular formula is C13H14Cl2O2. The van der Waals surface area contributed by atoms with Crippen LogP contribution < -0.4 is 0 Å². The van der Waals surface area contributed by atoms with Crippen LogP contribution in [0.3, 0.4) is 0 Å². The lowest BCUT2D eigenvalue weighted by atomic mass is 10.0. The van der Waals surface area contributed by atoms with E-state index in [1.807, 2.05) is 12.1 Å². The van der Waals surface area contributed by atoms with Crippen LogP contribution in [0, 0.1) is 0 Å². The van der Waals surface area contributed by atoms with Crippen molar-refractivity contribution in [1.29, 1.82) is 0 Å². The average Bonchev–Trinajstić information content (AvgIpc) is 2.35. The Labute approximate surface area is 111 Å². The number of rotatable bonds is 3. The highest BCUT2D eigenvalue weighted by atomic mass is 35.5. The molecule has 0 aromatic heterocycles. The van der Waals surface area contributed by atoms with Gasteiger partial charge in [0.15, 0.2) is 0 Å². The van der Waals surface area contributed by atoms with Gasteiger partial charge in [-0.15, -0.1) is 0 Å². The fourth-order valence-electron chi connectivity index (χ4n) is 1.80. The van der Waals surface area contributed by atoms with Crippen LogP contribution >= 0.6 is 23.2 Å². The van der Waals surface area contributed by atoms with Gasteiger partial charge < -0.3 is 9.84 Å². The van der Waals surface area contributed by atoms with Gasteiger partial charge in [-0.2, -0.15) is 0 Å². The minimum absolute atomic E-state index is 0.489. The summed E-state index contributed by atoms with van der Waals surface area (Å²) < 4.78 is 5.42. The van der Waals surface area contributed by atoms with Gasteiger partial charge in [0.05, 0.1) is 16.7 Å². The highest BCUT2D eigenvalue weighted by Crippen LogP contribution is 2.24. The number of hydrogen-bond acceptors (Lipinski definition) is 2. The van der Waals surface area contributed by atoms with Crippen LogP contribution in [0.2, 0.25) is 10.0 Å². The molecule has 0 bridgehead atoms. The first-order chi connectivity index (χ1) is 8.16. The van der Waals surface area contributed by atoms with Crippen LogP contribution in [0.1, 0.15) is 18.4 Å². The summed E-state index contributed by atoms with van der Waals surface area (Å²) in [5, 5.41) is 11.1. The first-order valence-corrected chi connectivity index (χ1v) is 6.37. The van der Waals surface area contributed by atoms with Gasteiger partial charge >= 0.3 is 0 Å². The van der Waals surface area contributed by atoms with Gasteiger partial charge in [-0.3, -0.25) is 0 Å². The summed E-state index contributed by atoms with van der Waals surface area (Å²) in [6, 6.07) is 5.37. The standard InChI is InChI=1S/C13H14Cl2O2/c14-10-5-4-9(7-11(10)15)8-12(16)13-3-1-2-6-17-13/h3-5,7,12,16H,1-2,6,8H2. The molecule has 1 aromatic rings. The van der Waals surface area contributed by atoms with Crippen LogP contribution in [0.25, 0.3) is 0 Å². The van der Waals surface area contributed by atoms with E-state index in [1.165, 1.54) is 0 Å². The molecule has 2 nitrogen and oxygen atoms in total. The topological polar surface area (TPSA) is 29.5 Å². The van der Waals surface area contributed by atoms with Crippen LogP contribution in [0.4, 0.5) is 0 Å². The number of ether oxygens (including phenoxy) is 1. The number of benzene rings is 1. The lowest BCUT2D eigenvalue weighted by Gasteiger charge is -2.19. The van der Waals surface area contributed by atoms with Gasteiger partial charge in [0.1, 0.15) is 11.9 Å². The van der Waals surface area contributed by atoms with Crippen molar-refractivity contribution in [2.24, 2.45) is 0 Å². The second-order valence-electron chi connectivity index (χ2n) is 4.07. The summed E-state index contributed by atoms with van der Waals surface area (Å²) in [6.07, 6.45) is 3.82. The first kappa shape index (κ1) is 12.7. The van der Waals surface area contributed by atoms with Crippen molar-refractivity contribution in [3.63, 3.8) is 0 Å². The third-order valence-corrected chi connectivity index (χ3v) is 3.44. The summed E-state index contributed by atoms with van der Waals surface area (Å²) >= 11 is 11.8. The normalized spacial score (nSPS) is 17.2. The second-order valence-corrected chi connectivity index (χ2v) is 4.88. The molecule has 1 unspecified atom stereocenters. The highest BCUT2D eigenvalue weighted by Gasteiger charge is 2.15. The van der Waals surface area contributed by atoms with Crippen molar-refractivity contribution >= 4 is 23.2 Å². The molecule has 0 saturated carbocycles. The molecule has 1 N–H and O–H groups in total. The van der Waals surface area contributed by atoms with E-state index < -0.39 is 6.10 Å². The predicted molar refractivity (Wildman–Crippen MR) is 69.4 cm³/mol. The maximum atomic E-state index is 10.0. The van der Waals surface area contributed by atoms with E-state index in [0.29, 0.717) is 28.8 Å². The van der Waals surface area contributed by atoms with Crippen LogP contribution in [-0.4, -0.2) is 17.8 Å². The monoisotopic (exact) mass is 272 g/mol. The van der Waals surface area contributed by atoms with Gasteiger partial charge in [-0.1, -0.05) is 29.3 Å². The molecule has 1 heterocycles. The first-order valence-electron chi connectivity index (χ1n) is 5.61. The quantitative estimate of drug-likeness (QED) is 0.911. The van der Waals surface area contributed by atoms with E-state index in [2.05, 4.69) is 0 Å². The highest BCUT2D eigenvalue weighted by molar-refractivity contribution is 6.42. The minimum Gasteiger partial charge on any atom is -0.495 e. The van der Waals surface area contributed by atoms with E-state index >= 15 is 0 Å². The summed E-state index contributed by atoms with van der Waals surface area (Å²) in [5.74, 6) is 0.669. The number of aliphatic hydroxyl groups is 1. The van der Waals surface area contributed by atoms with Gasteiger partial charge in [-0.05, 0) is 36.6 Å². The van der Waals surface area contributed by atoms with E-state index in [-0.39, 0.29) is 0 Å². The Balaban J connectivity index is 2.04. The molecule has 1 aromatic carbocycles.